The van der Waals surface area contributed by atoms with E-state index >= 15 is 0 Å². The molecule has 0 aliphatic carbocycles. The van der Waals surface area contributed by atoms with Crippen LogP contribution < -0.4 is 14.4 Å². The van der Waals surface area contributed by atoms with Crippen molar-refractivity contribution in [3.8, 4) is 5.75 Å². The second-order valence-electron chi connectivity index (χ2n) is 6.44. The van der Waals surface area contributed by atoms with Crippen LogP contribution in [0.2, 0.25) is 0 Å². The molecule has 0 spiro atoms. The van der Waals surface area contributed by atoms with Gasteiger partial charge in [0.2, 0.25) is 15.9 Å². The topological polar surface area (TPSA) is 75.7 Å². The van der Waals surface area contributed by atoms with Crippen molar-refractivity contribution in [1.82, 2.24) is 4.72 Å². The third-order valence-corrected chi connectivity index (χ3v) is 5.85. The number of hydrogen-bond donors (Lipinski definition) is 1. The summed E-state index contributed by atoms with van der Waals surface area (Å²) in [6.45, 7) is 5.50. The number of anilines is 1. The molecular weight excluding hydrogens is 352 g/mol. The van der Waals surface area contributed by atoms with Crippen LogP contribution in [0.5, 0.6) is 5.75 Å². The summed E-state index contributed by atoms with van der Waals surface area (Å²) in [6, 6.07) is 13.5. The Kier molecular flexibility index (Phi) is 5.02. The molecule has 0 radical (unpaired) electrons. The first-order valence-electron chi connectivity index (χ1n) is 8.44. The summed E-state index contributed by atoms with van der Waals surface area (Å²) < 4.78 is 34.0. The SMILES string of the molecule is CC(=O)N1CC(C)Oc2ccc(S(=O)(=O)NC(C)c3ccccc3)cc21. The summed E-state index contributed by atoms with van der Waals surface area (Å²) in [6.07, 6.45) is -0.148. The van der Waals surface area contributed by atoms with Crippen molar-refractivity contribution in [2.75, 3.05) is 11.4 Å². The lowest BCUT2D eigenvalue weighted by Crippen LogP contribution is -2.41. The van der Waals surface area contributed by atoms with Crippen molar-refractivity contribution in [1.29, 1.82) is 0 Å². The number of nitrogens with one attached hydrogen (secondary N) is 1. The van der Waals surface area contributed by atoms with Crippen molar-refractivity contribution in [2.45, 2.75) is 37.8 Å². The number of carbonyl (C=O) groups excluding carboxylic acids is 1. The van der Waals surface area contributed by atoms with E-state index in [0.717, 1.165) is 5.56 Å². The van der Waals surface area contributed by atoms with Crippen molar-refractivity contribution < 1.29 is 17.9 Å². The molecule has 1 heterocycles. The van der Waals surface area contributed by atoms with Gasteiger partial charge in [0.05, 0.1) is 17.1 Å². The smallest absolute Gasteiger partial charge is 0.241 e. The quantitative estimate of drug-likeness (QED) is 0.893. The average molecular weight is 374 g/mol. The van der Waals surface area contributed by atoms with Gasteiger partial charge in [0.15, 0.2) is 0 Å². The molecule has 2 atom stereocenters. The zero-order valence-electron chi connectivity index (χ0n) is 15.0. The molecule has 2 aromatic rings. The minimum atomic E-state index is -3.75. The van der Waals surface area contributed by atoms with Gasteiger partial charge < -0.3 is 9.64 Å². The Morgan fingerprint density at radius 2 is 1.92 bits per heavy atom. The Bertz CT molecular complexity index is 912. The fraction of sp³-hybridized carbons (Fsp3) is 0.316. The molecule has 2 unspecified atom stereocenters. The third kappa shape index (κ3) is 3.73. The van der Waals surface area contributed by atoms with Gasteiger partial charge in [-0.25, -0.2) is 13.1 Å². The Balaban J connectivity index is 1.92. The van der Waals surface area contributed by atoms with Crippen LogP contribution in [-0.4, -0.2) is 27.0 Å². The highest BCUT2D eigenvalue weighted by Gasteiger charge is 2.28. The Labute approximate surface area is 153 Å². The van der Waals surface area contributed by atoms with Crippen LogP contribution in [0.1, 0.15) is 32.4 Å². The lowest BCUT2D eigenvalue weighted by atomic mass is 10.1. The Morgan fingerprint density at radius 3 is 2.58 bits per heavy atom. The van der Waals surface area contributed by atoms with E-state index in [1.54, 1.807) is 17.9 Å². The monoisotopic (exact) mass is 374 g/mol. The molecule has 0 fully saturated rings. The molecule has 1 aliphatic rings. The molecule has 0 aromatic heterocycles. The number of benzene rings is 2. The van der Waals surface area contributed by atoms with E-state index in [4.69, 9.17) is 4.74 Å². The van der Waals surface area contributed by atoms with Crippen LogP contribution in [0, 0.1) is 0 Å². The normalized spacial score (nSPS) is 18.0. The third-order valence-electron chi connectivity index (χ3n) is 4.31. The molecule has 7 heteroatoms. The fourth-order valence-corrected chi connectivity index (χ4v) is 4.24. The van der Waals surface area contributed by atoms with Gasteiger partial charge >= 0.3 is 0 Å². The lowest BCUT2D eigenvalue weighted by Gasteiger charge is -2.33. The molecule has 1 aliphatic heterocycles. The van der Waals surface area contributed by atoms with Gasteiger partial charge in [0, 0.05) is 13.0 Å². The maximum atomic E-state index is 12.8. The van der Waals surface area contributed by atoms with Gasteiger partial charge in [0.25, 0.3) is 0 Å². The number of hydrogen-bond acceptors (Lipinski definition) is 4. The van der Waals surface area contributed by atoms with Crippen LogP contribution in [0.25, 0.3) is 0 Å². The molecule has 26 heavy (non-hydrogen) atoms. The van der Waals surface area contributed by atoms with Crippen molar-refractivity contribution in [3.05, 3.63) is 54.1 Å². The highest BCUT2D eigenvalue weighted by molar-refractivity contribution is 7.89. The molecule has 0 saturated carbocycles. The molecule has 3 rings (SSSR count). The van der Waals surface area contributed by atoms with Crippen LogP contribution in [0.4, 0.5) is 5.69 Å². The number of ether oxygens (including phenoxy) is 1. The number of rotatable bonds is 4. The molecule has 1 amide bonds. The van der Waals surface area contributed by atoms with Gasteiger partial charge in [-0.2, -0.15) is 0 Å². The number of amides is 1. The van der Waals surface area contributed by atoms with Crippen LogP contribution in [0.3, 0.4) is 0 Å². The number of fused-ring (bicyclic) bond motifs is 1. The van der Waals surface area contributed by atoms with E-state index in [1.165, 1.54) is 19.1 Å². The lowest BCUT2D eigenvalue weighted by molar-refractivity contribution is -0.117. The zero-order chi connectivity index (χ0) is 18.9. The predicted octanol–water partition coefficient (Wildman–Crippen LogP) is 2.86. The molecule has 2 aromatic carbocycles. The van der Waals surface area contributed by atoms with Crippen LogP contribution in [0.15, 0.2) is 53.4 Å². The van der Waals surface area contributed by atoms with Gasteiger partial charge in [-0.1, -0.05) is 30.3 Å². The summed E-state index contributed by atoms with van der Waals surface area (Å²) >= 11 is 0. The average Bonchev–Trinajstić information content (AvgIpc) is 2.60. The molecule has 0 bridgehead atoms. The standard InChI is InChI=1S/C19H22N2O4S/c1-13-12-21(15(3)22)18-11-17(9-10-19(18)25-13)26(23,24)20-14(2)16-7-5-4-6-8-16/h4-11,13-14,20H,12H2,1-3H3. The minimum Gasteiger partial charge on any atom is -0.487 e. The largest absolute Gasteiger partial charge is 0.487 e. The molecular formula is C19H22N2O4S. The Morgan fingerprint density at radius 1 is 1.23 bits per heavy atom. The summed E-state index contributed by atoms with van der Waals surface area (Å²) in [7, 11) is -3.75. The highest BCUT2D eigenvalue weighted by Crippen LogP contribution is 2.35. The highest BCUT2D eigenvalue weighted by atomic mass is 32.2. The van der Waals surface area contributed by atoms with Crippen LogP contribution >= 0.6 is 0 Å². The number of sulfonamides is 1. The number of nitrogens with zero attached hydrogens (tertiary/aromatic N) is 1. The maximum absolute atomic E-state index is 12.8. The molecule has 0 saturated heterocycles. The molecule has 1 N–H and O–H groups in total. The fourth-order valence-electron chi connectivity index (χ4n) is 2.99. The molecule has 6 nitrogen and oxygen atoms in total. The van der Waals surface area contributed by atoms with E-state index in [2.05, 4.69) is 4.72 Å². The number of carbonyl (C=O) groups is 1. The molecule has 138 valence electrons. The van der Waals surface area contributed by atoms with E-state index < -0.39 is 10.0 Å². The maximum Gasteiger partial charge on any atom is 0.241 e. The van der Waals surface area contributed by atoms with Crippen molar-refractivity contribution >= 4 is 21.6 Å². The van der Waals surface area contributed by atoms with E-state index in [0.29, 0.717) is 18.0 Å². The van der Waals surface area contributed by atoms with Gasteiger partial charge in [-0.3, -0.25) is 4.79 Å². The van der Waals surface area contributed by atoms with Crippen molar-refractivity contribution in [3.63, 3.8) is 0 Å². The van der Waals surface area contributed by atoms with Gasteiger partial charge in [-0.05, 0) is 37.6 Å². The summed E-state index contributed by atoms with van der Waals surface area (Å²) in [5.74, 6) is 0.357. The van der Waals surface area contributed by atoms with E-state index in [-0.39, 0.29) is 22.9 Å². The first-order chi connectivity index (χ1) is 12.3. The second-order valence-corrected chi connectivity index (χ2v) is 8.16. The Hall–Kier alpha value is -2.38. The zero-order valence-corrected chi connectivity index (χ0v) is 15.8. The van der Waals surface area contributed by atoms with E-state index in [1.807, 2.05) is 37.3 Å². The summed E-state index contributed by atoms with van der Waals surface area (Å²) in [5, 5.41) is 0. The van der Waals surface area contributed by atoms with Crippen molar-refractivity contribution in [2.24, 2.45) is 0 Å². The minimum absolute atomic E-state index is 0.100. The van der Waals surface area contributed by atoms with Gasteiger partial charge in [-0.15, -0.1) is 0 Å². The second kappa shape index (κ2) is 7.09. The van der Waals surface area contributed by atoms with Gasteiger partial charge in [0.1, 0.15) is 11.9 Å². The summed E-state index contributed by atoms with van der Waals surface area (Å²) in [4.78, 5) is 13.6. The van der Waals surface area contributed by atoms with E-state index in [9.17, 15) is 13.2 Å². The predicted molar refractivity (Wildman–Crippen MR) is 99.7 cm³/mol. The summed E-state index contributed by atoms with van der Waals surface area (Å²) in [5.41, 5.74) is 1.35. The van der Waals surface area contributed by atoms with Crippen LogP contribution in [-0.2, 0) is 14.8 Å². The first-order valence-corrected chi connectivity index (χ1v) is 9.92. The first kappa shape index (κ1) is 18.4.